The second-order valence-electron chi connectivity index (χ2n) is 10.7. The molecule has 2 aromatic carbocycles. The number of aliphatic hydroxyl groups is 1. The van der Waals surface area contributed by atoms with Gasteiger partial charge in [0.2, 0.25) is 5.91 Å². The Morgan fingerprint density at radius 1 is 1.11 bits per heavy atom. The van der Waals surface area contributed by atoms with Crippen LogP contribution in [0.25, 0.3) is 6.08 Å². The van der Waals surface area contributed by atoms with Crippen molar-refractivity contribution in [2.75, 3.05) is 18.5 Å². The Morgan fingerprint density at radius 2 is 1.79 bits per heavy atom. The maximum Gasteiger partial charge on any atom is 0.408 e. The van der Waals surface area contributed by atoms with E-state index >= 15 is 0 Å². The van der Waals surface area contributed by atoms with Gasteiger partial charge in [-0.15, -0.1) is 0 Å². The van der Waals surface area contributed by atoms with Gasteiger partial charge in [-0.3, -0.25) is 9.59 Å². The van der Waals surface area contributed by atoms with Gasteiger partial charge in [0, 0.05) is 12.2 Å². The number of hydrogen-bond acceptors (Lipinski definition) is 5. The van der Waals surface area contributed by atoms with Gasteiger partial charge in [0.25, 0.3) is 5.91 Å². The van der Waals surface area contributed by atoms with Crippen molar-refractivity contribution in [1.82, 2.24) is 10.2 Å². The predicted molar refractivity (Wildman–Crippen MR) is 150 cm³/mol. The van der Waals surface area contributed by atoms with E-state index in [4.69, 9.17) is 4.74 Å². The van der Waals surface area contributed by atoms with Gasteiger partial charge in [0.1, 0.15) is 17.7 Å². The van der Waals surface area contributed by atoms with Crippen LogP contribution in [0.2, 0.25) is 0 Å². The number of para-hydroxylation sites is 1. The Hall–Kier alpha value is -3.65. The highest BCUT2D eigenvalue weighted by molar-refractivity contribution is 5.99. The first-order chi connectivity index (χ1) is 17.9. The van der Waals surface area contributed by atoms with Gasteiger partial charge in [-0.1, -0.05) is 62.9 Å². The van der Waals surface area contributed by atoms with Gasteiger partial charge in [0.15, 0.2) is 0 Å². The lowest BCUT2D eigenvalue weighted by atomic mass is 9.98. The van der Waals surface area contributed by atoms with Gasteiger partial charge >= 0.3 is 6.09 Å². The van der Waals surface area contributed by atoms with E-state index in [2.05, 4.69) is 17.2 Å². The normalized spacial score (nSPS) is 12.8. The molecule has 3 amide bonds. The summed E-state index contributed by atoms with van der Waals surface area (Å²) < 4.78 is 5.39. The summed E-state index contributed by atoms with van der Waals surface area (Å²) in [6.45, 7) is 14.3. The molecule has 0 radical (unpaired) electrons. The fourth-order valence-corrected chi connectivity index (χ4v) is 4.06. The first-order valence-corrected chi connectivity index (χ1v) is 12.9. The number of nitrogens with one attached hydrogen (secondary N) is 2. The third-order valence-electron chi connectivity index (χ3n) is 5.75. The van der Waals surface area contributed by atoms with Crippen LogP contribution < -0.4 is 10.6 Å². The first-order valence-electron chi connectivity index (χ1n) is 12.9. The zero-order valence-electron chi connectivity index (χ0n) is 23.3. The molecule has 0 aromatic heterocycles. The second-order valence-corrected chi connectivity index (χ2v) is 10.7. The summed E-state index contributed by atoms with van der Waals surface area (Å²) >= 11 is 0. The minimum Gasteiger partial charge on any atom is -0.444 e. The third-order valence-corrected chi connectivity index (χ3v) is 5.75. The van der Waals surface area contributed by atoms with Crippen molar-refractivity contribution in [3.05, 3.63) is 71.8 Å². The Kier molecular flexibility index (Phi) is 11.1. The van der Waals surface area contributed by atoms with Gasteiger partial charge in [-0.2, -0.15) is 0 Å². The van der Waals surface area contributed by atoms with Gasteiger partial charge in [0.05, 0.1) is 6.61 Å². The van der Waals surface area contributed by atoms with Crippen LogP contribution >= 0.6 is 0 Å². The van der Waals surface area contributed by atoms with E-state index in [0.29, 0.717) is 17.7 Å². The zero-order chi connectivity index (χ0) is 28.5. The van der Waals surface area contributed by atoms with E-state index in [1.807, 2.05) is 45.0 Å². The van der Waals surface area contributed by atoms with Gasteiger partial charge in [-0.05, 0) is 68.9 Å². The van der Waals surface area contributed by atoms with E-state index < -0.39 is 35.6 Å². The van der Waals surface area contributed by atoms with E-state index in [9.17, 15) is 19.5 Å². The number of alkyl carbamates (subject to hydrolysis) is 1. The summed E-state index contributed by atoms with van der Waals surface area (Å²) in [5, 5.41) is 15.6. The first kappa shape index (κ1) is 30.6. The molecule has 0 aliphatic heterocycles. The summed E-state index contributed by atoms with van der Waals surface area (Å²) in [5.74, 6) is -0.881. The van der Waals surface area contributed by atoms with Crippen LogP contribution in [0.15, 0.2) is 55.1 Å². The fourth-order valence-electron chi connectivity index (χ4n) is 4.06. The molecular weight excluding hydrogens is 482 g/mol. The number of carbonyl (C=O) groups excluding carboxylic acids is 3. The molecule has 38 heavy (non-hydrogen) atoms. The Balaban J connectivity index is 2.54. The molecule has 0 bridgehead atoms. The smallest absolute Gasteiger partial charge is 0.408 e. The average molecular weight is 524 g/mol. The second kappa shape index (κ2) is 13.8. The largest absolute Gasteiger partial charge is 0.444 e. The summed E-state index contributed by atoms with van der Waals surface area (Å²) in [6, 6.07) is 12.5. The average Bonchev–Trinajstić information content (AvgIpc) is 2.83. The molecule has 2 rings (SSSR count). The molecule has 0 aliphatic rings. The van der Waals surface area contributed by atoms with Crippen molar-refractivity contribution in [3.63, 3.8) is 0 Å². The minimum atomic E-state index is -1.08. The van der Waals surface area contributed by atoms with Gasteiger partial charge < -0.3 is 25.4 Å². The number of ether oxygens (including phenoxy) is 1. The number of aryl methyl sites for hydroxylation is 1. The molecule has 2 aromatic rings. The maximum absolute atomic E-state index is 14.0. The third kappa shape index (κ3) is 9.03. The Bertz CT molecular complexity index is 1120. The highest BCUT2D eigenvalue weighted by atomic mass is 16.6. The molecule has 0 saturated carbocycles. The highest BCUT2D eigenvalue weighted by Gasteiger charge is 2.36. The lowest BCUT2D eigenvalue weighted by molar-refractivity contribution is -0.141. The lowest BCUT2D eigenvalue weighted by Crippen LogP contribution is -2.53. The minimum absolute atomic E-state index is 0.0539. The van der Waals surface area contributed by atoms with Crippen LogP contribution in [0, 0.1) is 12.8 Å². The van der Waals surface area contributed by atoms with Crippen LogP contribution in [0.1, 0.15) is 63.8 Å². The fraction of sp³-hybridized carbons (Fsp3) is 0.433. The highest BCUT2D eigenvalue weighted by Crippen LogP contribution is 2.27. The molecule has 0 aliphatic carbocycles. The van der Waals surface area contributed by atoms with Crippen molar-refractivity contribution in [3.8, 4) is 0 Å². The number of aliphatic hydroxyl groups excluding tert-OH is 1. The number of benzene rings is 2. The molecule has 0 spiro atoms. The van der Waals surface area contributed by atoms with E-state index in [-0.39, 0.29) is 19.1 Å². The standard InChI is InChI=1S/C30H41N3O5/c1-8-22-13-11-14-23(19-22)26(27(35)31-24-15-10-9-12-21(24)4)33(16-17-34)28(36)25(18-20(2)3)32-29(37)38-30(5,6)7/h8-15,19-20,25-26,34H,1,16-18H2,2-7H3,(H,31,35)(H,32,37). The number of hydrogen-bond donors (Lipinski definition) is 3. The van der Waals surface area contributed by atoms with Crippen LogP contribution in [0.3, 0.4) is 0 Å². The van der Waals surface area contributed by atoms with E-state index in [0.717, 1.165) is 11.1 Å². The monoisotopic (exact) mass is 523 g/mol. The number of anilines is 1. The Labute approximate surface area is 226 Å². The Morgan fingerprint density at radius 3 is 2.37 bits per heavy atom. The lowest BCUT2D eigenvalue weighted by Gasteiger charge is -2.34. The molecule has 0 heterocycles. The van der Waals surface area contributed by atoms with Crippen molar-refractivity contribution in [1.29, 1.82) is 0 Å². The van der Waals surface area contributed by atoms with E-state index in [1.165, 1.54) is 4.90 Å². The summed E-state index contributed by atoms with van der Waals surface area (Å²) in [4.78, 5) is 41.8. The number of amides is 3. The molecular formula is C30H41N3O5. The molecule has 2 unspecified atom stereocenters. The number of rotatable bonds is 11. The molecule has 8 nitrogen and oxygen atoms in total. The number of carbonyl (C=O) groups is 3. The van der Waals surface area contributed by atoms with Crippen molar-refractivity contribution in [2.45, 2.75) is 65.6 Å². The molecule has 3 N–H and O–H groups in total. The SMILES string of the molecule is C=Cc1cccc(C(C(=O)Nc2ccccc2C)N(CCO)C(=O)C(CC(C)C)NC(=O)OC(C)(C)C)c1. The maximum atomic E-state index is 14.0. The molecule has 2 atom stereocenters. The zero-order valence-corrected chi connectivity index (χ0v) is 23.3. The van der Waals surface area contributed by atoms with Crippen LogP contribution in [-0.4, -0.2) is 52.7 Å². The van der Waals surface area contributed by atoms with Crippen LogP contribution in [-0.2, 0) is 14.3 Å². The topological polar surface area (TPSA) is 108 Å². The van der Waals surface area contributed by atoms with Crippen LogP contribution in [0.5, 0.6) is 0 Å². The summed E-state index contributed by atoms with van der Waals surface area (Å²) in [7, 11) is 0. The quantitative estimate of drug-likeness (QED) is 0.381. The summed E-state index contributed by atoms with van der Waals surface area (Å²) in [5.41, 5.74) is 2.06. The molecule has 8 heteroatoms. The van der Waals surface area contributed by atoms with Crippen molar-refractivity contribution < 1.29 is 24.2 Å². The van der Waals surface area contributed by atoms with Gasteiger partial charge in [-0.25, -0.2) is 4.79 Å². The molecule has 206 valence electrons. The number of nitrogens with zero attached hydrogens (tertiary/aromatic N) is 1. The van der Waals surface area contributed by atoms with E-state index in [1.54, 1.807) is 51.1 Å². The van der Waals surface area contributed by atoms with Crippen LogP contribution in [0.4, 0.5) is 10.5 Å². The molecule has 0 saturated heterocycles. The van der Waals surface area contributed by atoms with Crippen molar-refractivity contribution >= 4 is 29.7 Å². The van der Waals surface area contributed by atoms with Crippen molar-refractivity contribution in [2.24, 2.45) is 5.92 Å². The predicted octanol–water partition coefficient (Wildman–Crippen LogP) is 5.08. The summed E-state index contributed by atoms with van der Waals surface area (Å²) in [6.07, 6.45) is 1.25. The molecule has 0 fully saturated rings.